The SMILES string of the molecule is C=C(C)C(F)(C(F)(F)S(=O)(=O)O)C(F)(F)S(=O)(=O)NC(=O)c1ccc(OS(=O)(=O)C(F)(F)C(F)(F)C(F)(F)S(=O)(=O)O)cc1. The summed E-state index contributed by atoms with van der Waals surface area (Å²) in [5.41, 5.74) is -9.72. The Bertz CT molecular complexity index is 1780. The van der Waals surface area contributed by atoms with E-state index < -0.39 is 95.8 Å². The van der Waals surface area contributed by atoms with Gasteiger partial charge >= 0.3 is 67.3 Å². The monoisotopic (exact) mass is 747 g/mol. The number of hydrogen-bond donors (Lipinski definition) is 3. The number of amides is 1. The van der Waals surface area contributed by atoms with E-state index in [2.05, 4.69) is 10.8 Å². The molecule has 0 saturated carbocycles. The maximum atomic E-state index is 14.9. The highest BCUT2D eigenvalue weighted by molar-refractivity contribution is 7.91. The van der Waals surface area contributed by atoms with Gasteiger partial charge in [-0.25, -0.2) is 9.11 Å². The van der Waals surface area contributed by atoms with Crippen molar-refractivity contribution in [1.82, 2.24) is 4.72 Å². The molecule has 0 fully saturated rings. The molecule has 44 heavy (non-hydrogen) atoms. The largest absolute Gasteiger partial charge is 0.450 e. The Morgan fingerprint density at radius 2 is 1.09 bits per heavy atom. The van der Waals surface area contributed by atoms with Gasteiger partial charge in [0.2, 0.25) is 0 Å². The lowest BCUT2D eigenvalue weighted by Crippen LogP contribution is -2.65. The molecule has 1 amide bonds. The summed E-state index contributed by atoms with van der Waals surface area (Å²) in [6.07, 6.45) is 0. The Labute approximate surface area is 238 Å². The second kappa shape index (κ2) is 10.9. The van der Waals surface area contributed by atoms with Gasteiger partial charge in [0.1, 0.15) is 5.75 Å². The standard InChI is InChI=1S/C16H12F11NO12S4/c1-7(2)11(17,14(22,23)42(32,33)34)13(20,21)41(30,31)28-10(29)8-3-5-9(6-4-8)40-44(38,39)16(26,27)12(18,19)15(24,25)43(35,36)37/h3-6H,1H2,2H3,(H,28,29)(H,32,33,34)(H,35,36,37). The zero-order valence-electron chi connectivity index (χ0n) is 20.3. The van der Waals surface area contributed by atoms with E-state index in [-0.39, 0.29) is 35.9 Å². The van der Waals surface area contributed by atoms with Crippen LogP contribution in [0.2, 0.25) is 0 Å². The molecule has 1 aromatic rings. The fourth-order valence-corrected chi connectivity index (χ4v) is 5.92. The number of allylic oxidation sites excluding steroid dienone is 1. The number of rotatable bonds is 13. The third-order valence-electron chi connectivity index (χ3n) is 4.97. The van der Waals surface area contributed by atoms with Crippen LogP contribution >= 0.6 is 0 Å². The second-order valence-corrected chi connectivity index (χ2v) is 14.3. The van der Waals surface area contributed by atoms with Crippen LogP contribution in [0.4, 0.5) is 48.3 Å². The summed E-state index contributed by atoms with van der Waals surface area (Å²) >= 11 is 0. The van der Waals surface area contributed by atoms with Crippen molar-refractivity contribution in [3.63, 3.8) is 0 Å². The van der Waals surface area contributed by atoms with Crippen LogP contribution < -0.4 is 8.91 Å². The number of hydrogen-bond acceptors (Lipinski definition) is 10. The van der Waals surface area contributed by atoms with Gasteiger partial charge in [0, 0.05) is 5.56 Å². The maximum Gasteiger partial charge on any atom is 0.450 e. The molecule has 0 heterocycles. The number of benzene rings is 1. The van der Waals surface area contributed by atoms with Crippen molar-refractivity contribution in [2.75, 3.05) is 0 Å². The van der Waals surface area contributed by atoms with E-state index in [0.717, 1.165) is 0 Å². The third-order valence-corrected chi connectivity index (χ3v) is 9.51. The number of alkyl halides is 11. The molecule has 0 aliphatic rings. The highest BCUT2D eigenvalue weighted by Gasteiger charge is 2.83. The van der Waals surface area contributed by atoms with Crippen molar-refractivity contribution in [2.24, 2.45) is 0 Å². The number of sulfonamides is 1. The van der Waals surface area contributed by atoms with Gasteiger partial charge in [-0.05, 0) is 36.8 Å². The van der Waals surface area contributed by atoms with E-state index in [4.69, 9.17) is 9.11 Å². The summed E-state index contributed by atoms with van der Waals surface area (Å²) in [7, 11) is -29.0. The molecule has 0 spiro atoms. The van der Waals surface area contributed by atoms with Crippen molar-refractivity contribution in [3.05, 3.63) is 42.0 Å². The minimum absolute atomic E-state index is 0.0190. The van der Waals surface area contributed by atoms with Gasteiger partial charge in [-0.1, -0.05) is 6.58 Å². The van der Waals surface area contributed by atoms with E-state index in [1.54, 1.807) is 0 Å². The summed E-state index contributed by atoms with van der Waals surface area (Å²) in [5, 5.41) is -27.6. The predicted octanol–water partition coefficient (Wildman–Crippen LogP) is 2.52. The molecule has 3 N–H and O–H groups in total. The van der Waals surface area contributed by atoms with Gasteiger partial charge in [0.15, 0.2) is 0 Å². The number of nitrogens with one attached hydrogen (secondary N) is 1. The Morgan fingerprint density at radius 3 is 1.43 bits per heavy atom. The second-order valence-electron chi connectivity index (χ2n) is 8.03. The first kappa shape index (κ1) is 39.2. The van der Waals surface area contributed by atoms with Crippen molar-refractivity contribution >= 4 is 46.3 Å². The summed E-state index contributed by atoms with van der Waals surface area (Å²) < 4.78 is 263. The molecule has 0 bridgehead atoms. The van der Waals surface area contributed by atoms with Gasteiger partial charge in [-0.3, -0.25) is 13.9 Å². The molecule has 1 unspecified atom stereocenters. The number of carbonyl (C=O) groups is 1. The fraction of sp³-hybridized carbons (Fsp3) is 0.438. The molecule has 1 aromatic carbocycles. The first-order valence-electron chi connectivity index (χ1n) is 9.80. The van der Waals surface area contributed by atoms with E-state index in [0.29, 0.717) is 0 Å². The highest BCUT2D eigenvalue weighted by Crippen LogP contribution is 2.53. The molecule has 0 aromatic heterocycles. The molecule has 1 atom stereocenters. The zero-order chi connectivity index (χ0) is 35.6. The Kier molecular flexibility index (Phi) is 9.72. The average molecular weight is 748 g/mol. The molecular formula is C16H12F11NO12S4. The lowest BCUT2D eigenvalue weighted by atomic mass is 9.99. The third kappa shape index (κ3) is 5.81. The lowest BCUT2D eigenvalue weighted by Gasteiger charge is -2.36. The van der Waals surface area contributed by atoms with Crippen LogP contribution in [-0.4, -0.2) is 81.3 Å². The summed E-state index contributed by atoms with van der Waals surface area (Å²) in [6, 6.07) is -0.0886. The number of halogens is 11. The molecule has 0 radical (unpaired) electrons. The lowest BCUT2D eigenvalue weighted by molar-refractivity contribution is -0.247. The van der Waals surface area contributed by atoms with Crippen LogP contribution in [0.15, 0.2) is 36.4 Å². The molecule has 0 saturated heterocycles. The summed E-state index contributed by atoms with van der Waals surface area (Å²) in [5.74, 6) is -11.4. The molecule has 28 heteroatoms. The smallest absolute Gasteiger partial charge is 0.378 e. The first-order chi connectivity index (χ1) is 19.0. The van der Waals surface area contributed by atoms with Crippen molar-refractivity contribution in [3.8, 4) is 5.75 Å². The van der Waals surface area contributed by atoms with Crippen molar-refractivity contribution in [2.45, 2.75) is 39.5 Å². The van der Waals surface area contributed by atoms with Crippen LogP contribution in [-0.2, 0) is 40.4 Å². The van der Waals surface area contributed by atoms with E-state index in [1.165, 1.54) is 0 Å². The molecule has 1 rings (SSSR count). The van der Waals surface area contributed by atoms with E-state index >= 15 is 0 Å². The highest BCUT2D eigenvalue weighted by atomic mass is 32.2. The topological polar surface area (TPSA) is 215 Å². The summed E-state index contributed by atoms with van der Waals surface area (Å²) in [6.45, 7) is 2.22. The van der Waals surface area contributed by atoms with Gasteiger partial charge in [0.05, 0.1) is 0 Å². The molecular weight excluding hydrogens is 735 g/mol. The van der Waals surface area contributed by atoms with Crippen LogP contribution in [0.5, 0.6) is 5.75 Å². The van der Waals surface area contributed by atoms with E-state index in [1.807, 2.05) is 0 Å². The van der Waals surface area contributed by atoms with Crippen LogP contribution in [0.1, 0.15) is 17.3 Å². The van der Waals surface area contributed by atoms with E-state index in [9.17, 15) is 86.8 Å². The number of carbonyl (C=O) groups excluding carboxylic acids is 1. The van der Waals surface area contributed by atoms with Gasteiger partial charge in [-0.2, -0.15) is 77.6 Å². The zero-order valence-corrected chi connectivity index (χ0v) is 23.6. The minimum atomic E-state index is -7.42. The maximum absolute atomic E-state index is 14.9. The molecule has 13 nitrogen and oxygen atoms in total. The average Bonchev–Trinajstić information content (AvgIpc) is 2.81. The molecule has 0 aliphatic carbocycles. The first-order valence-corrected chi connectivity index (χ1v) is 15.6. The normalized spacial score (nSPS) is 16.1. The van der Waals surface area contributed by atoms with Crippen molar-refractivity contribution in [1.29, 1.82) is 0 Å². The predicted molar refractivity (Wildman–Crippen MR) is 119 cm³/mol. The quantitative estimate of drug-likeness (QED) is 0.115. The van der Waals surface area contributed by atoms with Gasteiger partial charge in [-0.15, -0.1) is 0 Å². The molecule has 0 aliphatic heterocycles. The Balaban J connectivity index is 3.44. The van der Waals surface area contributed by atoms with Gasteiger partial charge < -0.3 is 4.18 Å². The van der Waals surface area contributed by atoms with Crippen LogP contribution in [0.25, 0.3) is 0 Å². The minimum Gasteiger partial charge on any atom is -0.378 e. The Hall–Kier alpha value is -2.82. The molecule has 254 valence electrons. The Morgan fingerprint density at radius 1 is 0.705 bits per heavy atom. The fourth-order valence-electron chi connectivity index (χ4n) is 2.60. The summed E-state index contributed by atoms with van der Waals surface area (Å²) in [4.78, 5) is 12.1. The van der Waals surface area contributed by atoms with Gasteiger partial charge in [0.25, 0.3) is 11.6 Å². The van der Waals surface area contributed by atoms with Crippen molar-refractivity contribution < 1.29 is 100 Å². The van der Waals surface area contributed by atoms with Crippen LogP contribution in [0, 0.1) is 0 Å². The van der Waals surface area contributed by atoms with Crippen LogP contribution in [0.3, 0.4) is 0 Å².